The van der Waals surface area contributed by atoms with Gasteiger partial charge in [-0.3, -0.25) is 0 Å². The zero-order chi connectivity index (χ0) is 15.5. The second-order valence-corrected chi connectivity index (χ2v) is 6.94. The first kappa shape index (κ1) is 15.7. The van der Waals surface area contributed by atoms with Crippen LogP contribution in [0.4, 0.5) is 5.69 Å². The summed E-state index contributed by atoms with van der Waals surface area (Å²) in [6, 6.07) is 11.2. The molecule has 0 bridgehead atoms. The lowest BCUT2D eigenvalue weighted by Crippen LogP contribution is -2.07. The molecule has 0 atom stereocenters. The molecule has 0 saturated carbocycles. The lowest BCUT2D eigenvalue weighted by molar-refractivity contribution is 0.337. The summed E-state index contributed by atoms with van der Waals surface area (Å²) in [6.07, 6.45) is 0. The first-order valence-corrected chi connectivity index (χ1v) is 8.45. The molecule has 0 radical (unpaired) electrons. The van der Waals surface area contributed by atoms with E-state index < -0.39 is 9.84 Å². The lowest BCUT2D eigenvalue weighted by atomic mass is 10.2. The van der Waals surface area contributed by atoms with Crippen LogP contribution in [-0.2, 0) is 15.6 Å². The fourth-order valence-corrected chi connectivity index (χ4v) is 3.61. The molecule has 0 spiro atoms. The zero-order valence-electron chi connectivity index (χ0n) is 11.5. The van der Waals surface area contributed by atoms with Gasteiger partial charge < -0.3 is 10.5 Å². The van der Waals surface area contributed by atoms with E-state index in [9.17, 15) is 8.42 Å². The molecule has 112 valence electrons. The van der Waals surface area contributed by atoms with Gasteiger partial charge in [-0.05, 0) is 43.3 Å². The van der Waals surface area contributed by atoms with Crippen LogP contribution in [0.15, 0.2) is 47.4 Å². The maximum Gasteiger partial charge on any atom is 0.182 e. The zero-order valence-corrected chi connectivity index (χ0v) is 13.1. The lowest BCUT2D eigenvalue weighted by Gasteiger charge is -2.11. The highest BCUT2D eigenvalue weighted by molar-refractivity contribution is 7.90. The number of anilines is 1. The van der Waals surface area contributed by atoms with Crippen LogP contribution >= 0.6 is 11.6 Å². The van der Waals surface area contributed by atoms with Crippen LogP contribution in [0.2, 0.25) is 5.02 Å². The standard InChI is InChI=1S/C15H16ClNO3S/c1-2-20-15-7-6-13(17)8-11(15)10-21(18,19)14-5-3-4-12(16)9-14/h3-9H,2,10,17H2,1H3. The van der Waals surface area contributed by atoms with E-state index in [2.05, 4.69) is 0 Å². The molecule has 0 amide bonds. The topological polar surface area (TPSA) is 69.4 Å². The Kier molecular flexibility index (Phi) is 4.75. The van der Waals surface area contributed by atoms with Crippen molar-refractivity contribution >= 4 is 27.1 Å². The molecular formula is C15H16ClNO3S. The van der Waals surface area contributed by atoms with Gasteiger partial charge in [0.15, 0.2) is 9.84 Å². The second kappa shape index (κ2) is 6.37. The number of hydrogen-bond acceptors (Lipinski definition) is 4. The number of nitrogen functional groups attached to an aromatic ring is 1. The van der Waals surface area contributed by atoms with Crippen molar-refractivity contribution in [2.75, 3.05) is 12.3 Å². The Balaban J connectivity index is 2.38. The Morgan fingerprint density at radius 3 is 2.62 bits per heavy atom. The van der Waals surface area contributed by atoms with Crippen LogP contribution in [0.1, 0.15) is 12.5 Å². The van der Waals surface area contributed by atoms with E-state index in [0.717, 1.165) is 0 Å². The number of benzene rings is 2. The van der Waals surface area contributed by atoms with E-state index in [1.165, 1.54) is 12.1 Å². The van der Waals surface area contributed by atoms with Crippen molar-refractivity contribution < 1.29 is 13.2 Å². The molecule has 0 aliphatic heterocycles. The predicted octanol–water partition coefficient (Wildman–Crippen LogP) is 3.29. The van der Waals surface area contributed by atoms with Gasteiger partial charge in [0.2, 0.25) is 0 Å². The molecule has 2 rings (SSSR count). The summed E-state index contributed by atoms with van der Waals surface area (Å²) in [5.74, 6) is 0.338. The summed E-state index contributed by atoms with van der Waals surface area (Å²) in [7, 11) is -3.51. The SMILES string of the molecule is CCOc1ccc(N)cc1CS(=O)(=O)c1cccc(Cl)c1. The normalized spacial score (nSPS) is 11.3. The molecule has 2 N–H and O–H groups in total. The van der Waals surface area contributed by atoms with Gasteiger partial charge in [-0.15, -0.1) is 0 Å². The van der Waals surface area contributed by atoms with Gasteiger partial charge >= 0.3 is 0 Å². The summed E-state index contributed by atoms with van der Waals surface area (Å²) >= 11 is 5.85. The average Bonchev–Trinajstić information content (AvgIpc) is 2.42. The number of ether oxygens (including phenoxy) is 1. The smallest absolute Gasteiger partial charge is 0.182 e. The van der Waals surface area contributed by atoms with Crippen molar-refractivity contribution in [2.45, 2.75) is 17.6 Å². The second-order valence-electron chi connectivity index (χ2n) is 4.52. The van der Waals surface area contributed by atoms with Crippen molar-refractivity contribution in [2.24, 2.45) is 0 Å². The third-order valence-electron chi connectivity index (χ3n) is 2.89. The molecule has 0 unspecified atom stereocenters. The van der Waals surface area contributed by atoms with E-state index in [1.54, 1.807) is 30.3 Å². The third kappa shape index (κ3) is 3.89. The minimum Gasteiger partial charge on any atom is -0.494 e. The molecule has 21 heavy (non-hydrogen) atoms. The monoisotopic (exact) mass is 325 g/mol. The molecule has 0 saturated heterocycles. The summed E-state index contributed by atoms with van der Waals surface area (Å²) in [5.41, 5.74) is 6.77. The summed E-state index contributed by atoms with van der Waals surface area (Å²) in [4.78, 5) is 0.180. The number of sulfone groups is 1. The van der Waals surface area contributed by atoms with Gasteiger partial charge in [-0.2, -0.15) is 0 Å². The van der Waals surface area contributed by atoms with Gasteiger partial charge in [0.05, 0.1) is 17.3 Å². The number of hydrogen-bond donors (Lipinski definition) is 1. The number of rotatable bonds is 5. The minimum atomic E-state index is -3.51. The van der Waals surface area contributed by atoms with E-state index in [-0.39, 0.29) is 10.6 Å². The van der Waals surface area contributed by atoms with Crippen molar-refractivity contribution in [1.82, 2.24) is 0 Å². The largest absolute Gasteiger partial charge is 0.494 e. The van der Waals surface area contributed by atoms with Crippen LogP contribution in [0, 0.1) is 0 Å². The highest BCUT2D eigenvalue weighted by Gasteiger charge is 2.18. The predicted molar refractivity (Wildman–Crippen MR) is 84.4 cm³/mol. The third-order valence-corrected chi connectivity index (χ3v) is 4.78. The Labute approximate surface area is 129 Å². The van der Waals surface area contributed by atoms with Crippen molar-refractivity contribution in [1.29, 1.82) is 0 Å². The number of nitrogens with two attached hydrogens (primary N) is 1. The summed E-state index contributed by atoms with van der Waals surface area (Å²) in [5, 5.41) is 0.383. The van der Waals surface area contributed by atoms with E-state index in [4.69, 9.17) is 22.1 Å². The maximum absolute atomic E-state index is 12.5. The van der Waals surface area contributed by atoms with Gasteiger partial charge in [-0.1, -0.05) is 17.7 Å². The van der Waals surface area contributed by atoms with Crippen LogP contribution < -0.4 is 10.5 Å². The first-order valence-electron chi connectivity index (χ1n) is 6.42. The van der Waals surface area contributed by atoms with Crippen LogP contribution in [-0.4, -0.2) is 15.0 Å². The molecule has 0 aliphatic rings. The summed E-state index contributed by atoms with van der Waals surface area (Å²) in [6.45, 7) is 2.29. The minimum absolute atomic E-state index is 0.180. The van der Waals surface area contributed by atoms with Crippen molar-refractivity contribution in [3.05, 3.63) is 53.1 Å². The molecule has 2 aromatic rings. The molecule has 6 heteroatoms. The molecule has 4 nitrogen and oxygen atoms in total. The van der Waals surface area contributed by atoms with E-state index in [1.807, 2.05) is 6.92 Å². The van der Waals surface area contributed by atoms with Crippen LogP contribution in [0.5, 0.6) is 5.75 Å². The van der Waals surface area contributed by atoms with Crippen LogP contribution in [0.3, 0.4) is 0 Å². The fourth-order valence-electron chi connectivity index (χ4n) is 1.96. The fraction of sp³-hybridized carbons (Fsp3) is 0.200. The Morgan fingerprint density at radius 2 is 1.95 bits per heavy atom. The molecule has 0 fully saturated rings. The van der Waals surface area contributed by atoms with Gasteiger partial charge in [0.1, 0.15) is 5.75 Å². The van der Waals surface area contributed by atoms with Crippen molar-refractivity contribution in [3.63, 3.8) is 0 Å². The van der Waals surface area contributed by atoms with Crippen molar-refractivity contribution in [3.8, 4) is 5.75 Å². The maximum atomic E-state index is 12.5. The molecule has 0 aromatic heterocycles. The molecule has 0 aliphatic carbocycles. The quantitative estimate of drug-likeness (QED) is 0.856. The van der Waals surface area contributed by atoms with E-state index in [0.29, 0.717) is 28.6 Å². The number of halogens is 1. The Hall–Kier alpha value is -1.72. The summed E-state index contributed by atoms with van der Waals surface area (Å²) < 4.78 is 30.4. The van der Waals surface area contributed by atoms with E-state index >= 15 is 0 Å². The molecular weight excluding hydrogens is 310 g/mol. The molecule has 2 aromatic carbocycles. The highest BCUT2D eigenvalue weighted by Crippen LogP contribution is 2.27. The van der Waals surface area contributed by atoms with Gasteiger partial charge in [-0.25, -0.2) is 8.42 Å². The molecule has 0 heterocycles. The van der Waals surface area contributed by atoms with Gasteiger partial charge in [0.25, 0.3) is 0 Å². The van der Waals surface area contributed by atoms with Crippen LogP contribution in [0.25, 0.3) is 0 Å². The average molecular weight is 326 g/mol. The first-order chi connectivity index (χ1) is 9.92. The highest BCUT2D eigenvalue weighted by atomic mass is 35.5. The Morgan fingerprint density at radius 1 is 1.19 bits per heavy atom. The van der Waals surface area contributed by atoms with Gasteiger partial charge in [0, 0.05) is 16.3 Å². The Bertz CT molecular complexity index is 744.